The molecule has 1 aliphatic rings. The average Bonchev–Trinajstić information content (AvgIpc) is 3.01. The molecule has 1 N–H and O–H groups in total. The highest BCUT2D eigenvalue weighted by Crippen LogP contribution is 2.22. The summed E-state index contributed by atoms with van der Waals surface area (Å²) in [5, 5.41) is 2.80. The fourth-order valence-corrected chi connectivity index (χ4v) is 2.73. The minimum atomic E-state index is -0.251. The third-order valence-corrected chi connectivity index (χ3v) is 4.04. The lowest BCUT2D eigenvalue weighted by molar-refractivity contribution is -0.117. The number of carbonyl (C=O) groups is 3. The Morgan fingerprint density at radius 1 is 1.04 bits per heavy atom. The van der Waals surface area contributed by atoms with Crippen LogP contribution in [0.25, 0.3) is 0 Å². The Morgan fingerprint density at radius 3 is 2.42 bits per heavy atom. The number of nitrogens with zero attached hydrogens (tertiary/aromatic N) is 1. The van der Waals surface area contributed by atoms with E-state index in [1.54, 1.807) is 47.4 Å². The van der Waals surface area contributed by atoms with Crippen LogP contribution < -0.4 is 10.2 Å². The van der Waals surface area contributed by atoms with Crippen molar-refractivity contribution in [2.45, 2.75) is 19.8 Å². The van der Waals surface area contributed by atoms with Crippen molar-refractivity contribution in [2.24, 2.45) is 0 Å². The van der Waals surface area contributed by atoms with Crippen LogP contribution in [0.2, 0.25) is 0 Å². The molecule has 5 heteroatoms. The zero-order valence-corrected chi connectivity index (χ0v) is 13.4. The summed E-state index contributed by atoms with van der Waals surface area (Å²) in [5.74, 6) is -0.178. The predicted molar refractivity (Wildman–Crippen MR) is 92.4 cm³/mol. The van der Waals surface area contributed by atoms with Crippen LogP contribution in [-0.2, 0) is 4.79 Å². The fourth-order valence-electron chi connectivity index (χ4n) is 2.73. The number of rotatable bonds is 4. The molecular formula is C19H18N2O3. The molecule has 0 radical (unpaired) electrons. The Morgan fingerprint density at radius 2 is 1.79 bits per heavy atom. The maximum atomic E-state index is 12.4. The molecular weight excluding hydrogens is 304 g/mol. The van der Waals surface area contributed by atoms with E-state index in [1.807, 2.05) is 6.07 Å². The molecule has 0 aromatic heterocycles. The molecule has 1 aliphatic heterocycles. The van der Waals surface area contributed by atoms with Crippen LogP contribution in [0.5, 0.6) is 0 Å². The van der Waals surface area contributed by atoms with Crippen LogP contribution in [-0.4, -0.2) is 24.1 Å². The van der Waals surface area contributed by atoms with E-state index in [1.165, 1.54) is 6.92 Å². The number of amides is 2. The van der Waals surface area contributed by atoms with Crippen molar-refractivity contribution in [2.75, 3.05) is 16.8 Å². The highest BCUT2D eigenvalue weighted by molar-refractivity contribution is 6.06. The first-order chi connectivity index (χ1) is 11.5. The highest BCUT2D eigenvalue weighted by Gasteiger charge is 2.22. The second-order valence-electron chi connectivity index (χ2n) is 5.79. The van der Waals surface area contributed by atoms with Crippen molar-refractivity contribution in [3.63, 3.8) is 0 Å². The van der Waals surface area contributed by atoms with E-state index in [4.69, 9.17) is 0 Å². The van der Waals surface area contributed by atoms with Crippen LogP contribution in [0.4, 0.5) is 11.4 Å². The largest absolute Gasteiger partial charge is 0.322 e. The Balaban J connectivity index is 1.75. The zero-order valence-electron chi connectivity index (χ0n) is 13.4. The molecule has 3 rings (SSSR count). The van der Waals surface area contributed by atoms with Crippen LogP contribution in [0.1, 0.15) is 40.5 Å². The molecule has 1 heterocycles. The van der Waals surface area contributed by atoms with Gasteiger partial charge in [-0.15, -0.1) is 0 Å². The summed E-state index contributed by atoms with van der Waals surface area (Å²) in [6, 6.07) is 13.8. The number of nitrogens with one attached hydrogen (secondary N) is 1. The molecule has 0 unspecified atom stereocenters. The van der Waals surface area contributed by atoms with E-state index in [-0.39, 0.29) is 17.6 Å². The molecule has 0 atom stereocenters. The third kappa shape index (κ3) is 3.35. The average molecular weight is 322 g/mol. The molecule has 2 aromatic carbocycles. The Labute approximate surface area is 140 Å². The molecule has 1 fully saturated rings. The monoisotopic (exact) mass is 322 g/mol. The first-order valence-electron chi connectivity index (χ1n) is 7.87. The van der Waals surface area contributed by atoms with Crippen LogP contribution in [0.15, 0.2) is 48.5 Å². The van der Waals surface area contributed by atoms with Gasteiger partial charge in [0.05, 0.1) is 0 Å². The minimum Gasteiger partial charge on any atom is -0.322 e. The lowest BCUT2D eigenvalue weighted by Crippen LogP contribution is -2.24. The summed E-state index contributed by atoms with van der Waals surface area (Å²) in [6.45, 7) is 2.19. The molecule has 122 valence electrons. The van der Waals surface area contributed by atoms with Gasteiger partial charge in [-0.3, -0.25) is 14.4 Å². The number of ketones is 1. The molecule has 2 aromatic rings. The van der Waals surface area contributed by atoms with Gasteiger partial charge in [-0.1, -0.05) is 6.07 Å². The van der Waals surface area contributed by atoms with Gasteiger partial charge in [-0.2, -0.15) is 0 Å². The molecule has 0 spiro atoms. The van der Waals surface area contributed by atoms with E-state index in [0.717, 1.165) is 12.1 Å². The van der Waals surface area contributed by atoms with Crippen LogP contribution >= 0.6 is 0 Å². The van der Waals surface area contributed by atoms with Gasteiger partial charge >= 0.3 is 0 Å². The molecule has 1 saturated heterocycles. The number of hydrogen-bond donors (Lipinski definition) is 1. The summed E-state index contributed by atoms with van der Waals surface area (Å²) in [7, 11) is 0. The van der Waals surface area contributed by atoms with Gasteiger partial charge in [0.2, 0.25) is 5.91 Å². The van der Waals surface area contributed by atoms with Crippen molar-refractivity contribution >= 4 is 29.0 Å². The molecule has 24 heavy (non-hydrogen) atoms. The topological polar surface area (TPSA) is 66.5 Å². The highest BCUT2D eigenvalue weighted by atomic mass is 16.2. The lowest BCUT2D eigenvalue weighted by Gasteiger charge is -2.16. The number of hydrogen-bond acceptors (Lipinski definition) is 3. The van der Waals surface area contributed by atoms with Gasteiger partial charge in [0.1, 0.15) is 0 Å². The van der Waals surface area contributed by atoms with E-state index >= 15 is 0 Å². The third-order valence-electron chi connectivity index (χ3n) is 4.04. The minimum absolute atomic E-state index is 0.0177. The van der Waals surface area contributed by atoms with Crippen LogP contribution in [0, 0.1) is 0 Å². The van der Waals surface area contributed by atoms with Crippen molar-refractivity contribution in [1.82, 2.24) is 0 Å². The SMILES string of the molecule is CC(=O)c1ccc(NC(=O)c2cccc(N3CCCC3=O)c2)cc1. The predicted octanol–water partition coefficient (Wildman–Crippen LogP) is 3.27. The smallest absolute Gasteiger partial charge is 0.255 e. The Bertz CT molecular complexity index is 797. The fraction of sp³-hybridized carbons (Fsp3) is 0.211. The van der Waals surface area contributed by atoms with Crippen molar-refractivity contribution in [1.29, 1.82) is 0 Å². The van der Waals surface area contributed by atoms with E-state index in [2.05, 4.69) is 5.32 Å². The molecule has 0 aliphatic carbocycles. The summed E-state index contributed by atoms with van der Waals surface area (Å²) in [5.41, 5.74) is 2.45. The lowest BCUT2D eigenvalue weighted by atomic mass is 10.1. The van der Waals surface area contributed by atoms with Gasteiger partial charge < -0.3 is 10.2 Å². The first-order valence-corrected chi connectivity index (χ1v) is 7.87. The second-order valence-corrected chi connectivity index (χ2v) is 5.79. The standard InChI is InChI=1S/C19H18N2O3/c1-13(22)14-7-9-16(10-8-14)20-19(24)15-4-2-5-17(12-15)21-11-3-6-18(21)23/h2,4-5,7-10,12H,3,6,11H2,1H3,(H,20,24). The second kappa shape index (κ2) is 6.66. The van der Waals surface area contributed by atoms with Crippen molar-refractivity contribution in [3.05, 3.63) is 59.7 Å². The molecule has 5 nitrogen and oxygen atoms in total. The van der Waals surface area contributed by atoms with Gasteiger partial charge in [0, 0.05) is 35.5 Å². The van der Waals surface area contributed by atoms with Gasteiger partial charge in [-0.05, 0) is 55.8 Å². The molecule has 0 saturated carbocycles. The van der Waals surface area contributed by atoms with Gasteiger partial charge in [0.15, 0.2) is 5.78 Å². The van der Waals surface area contributed by atoms with Crippen LogP contribution in [0.3, 0.4) is 0 Å². The summed E-state index contributed by atoms with van der Waals surface area (Å²) in [6.07, 6.45) is 1.40. The Kier molecular flexibility index (Phi) is 4.42. The zero-order chi connectivity index (χ0) is 17.1. The normalized spacial score (nSPS) is 13.9. The van der Waals surface area contributed by atoms with E-state index < -0.39 is 0 Å². The first kappa shape index (κ1) is 15.9. The Hall–Kier alpha value is -2.95. The summed E-state index contributed by atoms with van der Waals surface area (Å²) >= 11 is 0. The number of benzene rings is 2. The summed E-state index contributed by atoms with van der Waals surface area (Å²) in [4.78, 5) is 37.2. The number of Topliss-reactive ketones (excluding diaryl/α,β-unsaturated/α-hetero) is 1. The maximum Gasteiger partial charge on any atom is 0.255 e. The van der Waals surface area contributed by atoms with Gasteiger partial charge in [-0.25, -0.2) is 0 Å². The van der Waals surface area contributed by atoms with Crippen molar-refractivity contribution in [3.8, 4) is 0 Å². The number of anilines is 2. The number of carbonyl (C=O) groups excluding carboxylic acids is 3. The van der Waals surface area contributed by atoms with E-state index in [9.17, 15) is 14.4 Å². The van der Waals surface area contributed by atoms with E-state index in [0.29, 0.717) is 29.8 Å². The quantitative estimate of drug-likeness (QED) is 0.879. The summed E-state index contributed by atoms with van der Waals surface area (Å²) < 4.78 is 0. The maximum absolute atomic E-state index is 12.4. The molecule has 2 amide bonds. The van der Waals surface area contributed by atoms with Gasteiger partial charge in [0.25, 0.3) is 5.91 Å². The van der Waals surface area contributed by atoms with Crippen molar-refractivity contribution < 1.29 is 14.4 Å². The molecule has 0 bridgehead atoms.